The molecule has 2 unspecified atom stereocenters. The van der Waals surface area contributed by atoms with E-state index in [1.54, 1.807) is 17.0 Å². The van der Waals surface area contributed by atoms with Gasteiger partial charge in [0.25, 0.3) is 15.9 Å². The van der Waals surface area contributed by atoms with Gasteiger partial charge in [0.2, 0.25) is 10.0 Å². The van der Waals surface area contributed by atoms with Gasteiger partial charge in [-0.05, 0) is 91.7 Å². The second-order valence-corrected chi connectivity index (χ2v) is 15.7. The van der Waals surface area contributed by atoms with Crippen LogP contribution in [0.2, 0.25) is 0 Å². The largest absolute Gasteiger partial charge is 0.511 e. The third-order valence-corrected chi connectivity index (χ3v) is 11.4. The molecule has 6 aliphatic rings. The Kier molecular flexibility index (Phi) is 6.21. The summed E-state index contributed by atoms with van der Waals surface area (Å²) in [4.78, 5) is 15.8. The number of fused-ring (bicyclic) bond motifs is 1. The van der Waals surface area contributed by atoms with Crippen LogP contribution in [-0.4, -0.2) is 50.9 Å². The molecular weight excluding hydrogens is 583 g/mol. The van der Waals surface area contributed by atoms with Gasteiger partial charge in [-0.1, -0.05) is 12.1 Å². The molecule has 2 aromatic carbocycles. The lowest BCUT2D eigenvalue weighted by atomic mass is 9.67. The van der Waals surface area contributed by atoms with Crippen LogP contribution in [0.25, 0.3) is 0 Å². The zero-order valence-electron chi connectivity index (χ0n) is 22.8. The lowest BCUT2D eigenvalue weighted by molar-refractivity contribution is -0.135. The van der Waals surface area contributed by atoms with Crippen molar-refractivity contribution in [3.8, 4) is 0 Å². The normalized spacial score (nSPS) is 31.1. The summed E-state index contributed by atoms with van der Waals surface area (Å²) >= 11 is 0. The Labute approximate surface area is 243 Å². The Bertz CT molecular complexity index is 1760. The molecule has 0 aromatic heterocycles. The molecule has 2 aliphatic heterocycles. The molecule has 3 N–H and O–H groups in total. The van der Waals surface area contributed by atoms with E-state index in [0.29, 0.717) is 11.8 Å². The number of amides is 1. The van der Waals surface area contributed by atoms with Crippen molar-refractivity contribution in [2.45, 2.75) is 49.6 Å². The molecule has 1 amide bonds. The third kappa shape index (κ3) is 4.66. The smallest absolute Gasteiger partial charge is 0.286 e. The molecule has 0 radical (unpaired) electrons. The number of hydrogen-bond acceptors (Lipinski definition) is 7. The Morgan fingerprint density at radius 3 is 2.38 bits per heavy atom. The Balaban J connectivity index is 1.33. The number of halogens is 1. The number of nitrogens with one attached hydrogen (secondary N) is 2. The Morgan fingerprint density at radius 2 is 1.71 bits per heavy atom. The number of carbonyl (C=O) groups is 1. The van der Waals surface area contributed by atoms with Crippen molar-refractivity contribution in [2.75, 3.05) is 16.3 Å². The average Bonchev–Trinajstić information content (AvgIpc) is 3.07. The van der Waals surface area contributed by atoms with E-state index in [-0.39, 0.29) is 69.6 Å². The quantitative estimate of drug-likeness (QED) is 0.462. The first kappa shape index (κ1) is 27.4. The van der Waals surface area contributed by atoms with Crippen LogP contribution in [0.5, 0.6) is 0 Å². The second-order valence-electron chi connectivity index (χ2n) is 12.4. The minimum Gasteiger partial charge on any atom is -0.511 e. The van der Waals surface area contributed by atoms with E-state index in [2.05, 4.69) is 14.4 Å². The molecular formula is C29H31FN4O6S2. The van der Waals surface area contributed by atoms with Crippen molar-refractivity contribution in [3.63, 3.8) is 0 Å². The van der Waals surface area contributed by atoms with Crippen molar-refractivity contribution in [1.82, 2.24) is 4.90 Å². The van der Waals surface area contributed by atoms with Crippen LogP contribution < -0.4 is 10.0 Å². The predicted molar refractivity (Wildman–Crippen MR) is 154 cm³/mol. The molecule has 4 atom stereocenters. The first-order valence-corrected chi connectivity index (χ1v) is 17.4. The van der Waals surface area contributed by atoms with Gasteiger partial charge < -0.3 is 15.3 Å². The van der Waals surface area contributed by atoms with E-state index in [9.17, 15) is 31.1 Å². The summed E-state index contributed by atoms with van der Waals surface area (Å²) in [6, 6.07) is 9.66. The number of aliphatic hydroxyl groups excluding tert-OH is 1. The molecule has 8 rings (SSSR count). The molecule has 4 bridgehead atoms. The molecule has 0 spiro atoms. The minimum absolute atomic E-state index is 0.0497. The highest BCUT2D eigenvalue weighted by Gasteiger charge is 2.56. The van der Waals surface area contributed by atoms with Crippen LogP contribution in [-0.2, 0) is 31.4 Å². The fourth-order valence-electron chi connectivity index (χ4n) is 8.22. The predicted octanol–water partition coefficient (Wildman–Crippen LogP) is 4.01. The van der Waals surface area contributed by atoms with Crippen LogP contribution in [0.1, 0.15) is 37.7 Å². The van der Waals surface area contributed by atoms with E-state index in [1.165, 1.54) is 24.3 Å². The molecule has 2 heterocycles. The van der Waals surface area contributed by atoms with Crippen molar-refractivity contribution in [3.05, 3.63) is 65.2 Å². The number of anilines is 2. The maximum atomic E-state index is 14.3. The summed E-state index contributed by atoms with van der Waals surface area (Å²) in [5.74, 6) is -0.265. The zero-order chi connectivity index (χ0) is 29.6. The molecule has 4 fully saturated rings. The van der Waals surface area contributed by atoms with Crippen LogP contribution in [0.3, 0.4) is 0 Å². The average molecular weight is 615 g/mol. The standard InChI is InChI=1S/C29H31FN4O6S2/c1-41(37,38)32-21-6-7-22-23(13-21)42(39,40)33-28(31-22)25-27(35)24-18-9-16-8-17(10-18)12-19(11-16)26(24)34(29(25)36)14-15-2-4-20(30)5-3-15/h2-7,13,16-19,24,26,32,35H,8-12,14H2,1H3,(H,31,33)/t16?,17?,18?,19?,24-,26+/m1/s1. The van der Waals surface area contributed by atoms with Crippen molar-refractivity contribution < 1.29 is 31.1 Å². The SMILES string of the molecule is CS(=O)(=O)Nc1ccc2c(c1)S(=O)(=O)N=C(C1=C(O)[C@@H]3C4CC5CC(C4)CC(C5)[C@@H]3N(Cc3ccc(F)cc3)C1=O)N2. The van der Waals surface area contributed by atoms with Crippen LogP contribution in [0.4, 0.5) is 15.8 Å². The number of rotatable bonds is 5. The molecule has 222 valence electrons. The summed E-state index contributed by atoms with van der Waals surface area (Å²) in [7, 11) is -8.02. The summed E-state index contributed by atoms with van der Waals surface area (Å²) in [6.45, 7) is 0.187. The van der Waals surface area contributed by atoms with Gasteiger partial charge in [0.15, 0.2) is 5.84 Å². The summed E-state index contributed by atoms with van der Waals surface area (Å²) < 4.78 is 70.0. The fourth-order valence-corrected chi connectivity index (χ4v) is 9.92. The number of carbonyl (C=O) groups excluding carboxylic acids is 1. The van der Waals surface area contributed by atoms with Gasteiger partial charge in [0.1, 0.15) is 22.0 Å². The number of aliphatic hydroxyl groups is 1. The first-order chi connectivity index (χ1) is 19.9. The highest BCUT2D eigenvalue weighted by Crippen LogP contribution is 2.57. The maximum absolute atomic E-state index is 14.3. The summed E-state index contributed by atoms with van der Waals surface area (Å²) in [5, 5.41) is 14.8. The fraction of sp³-hybridized carbons (Fsp3) is 0.448. The molecule has 4 saturated carbocycles. The molecule has 42 heavy (non-hydrogen) atoms. The molecule has 10 nitrogen and oxygen atoms in total. The number of sulfonamides is 2. The van der Waals surface area contributed by atoms with Gasteiger partial charge in [-0.3, -0.25) is 9.52 Å². The highest BCUT2D eigenvalue weighted by atomic mass is 32.2. The van der Waals surface area contributed by atoms with Crippen molar-refractivity contribution in [1.29, 1.82) is 0 Å². The van der Waals surface area contributed by atoms with Crippen molar-refractivity contribution >= 4 is 43.2 Å². The number of nitrogens with zero attached hydrogens (tertiary/aromatic N) is 2. The van der Waals surface area contributed by atoms with Crippen molar-refractivity contribution in [2.24, 2.45) is 34.0 Å². The second kappa shape index (κ2) is 9.53. The summed E-state index contributed by atoms with van der Waals surface area (Å²) in [6.07, 6.45) is 5.97. The van der Waals surface area contributed by atoms with Crippen LogP contribution in [0.15, 0.2) is 63.1 Å². The highest BCUT2D eigenvalue weighted by molar-refractivity contribution is 7.92. The molecule has 0 saturated heterocycles. The topological polar surface area (TPSA) is 145 Å². The molecule has 2 aromatic rings. The van der Waals surface area contributed by atoms with Gasteiger partial charge in [-0.25, -0.2) is 12.8 Å². The molecule has 13 heteroatoms. The lowest BCUT2D eigenvalue weighted by Gasteiger charge is -2.45. The van der Waals surface area contributed by atoms with Gasteiger partial charge in [0.05, 0.1) is 11.9 Å². The van der Waals surface area contributed by atoms with Crippen LogP contribution in [0, 0.1) is 35.4 Å². The first-order valence-electron chi connectivity index (χ1n) is 14.1. The summed E-state index contributed by atoms with van der Waals surface area (Å²) in [5.41, 5.74) is 0.719. The minimum atomic E-state index is -4.37. The van der Waals surface area contributed by atoms with E-state index < -0.39 is 26.0 Å². The third-order valence-electron chi connectivity index (χ3n) is 9.51. The number of hydrogen-bond donors (Lipinski definition) is 3. The monoisotopic (exact) mass is 614 g/mol. The van der Waals surface area contributed by atoms with Gasteiger partial charge in [-0.2, -0.15) is 8.42 Å². The number of benzene rings is 2. The maximum Gasteiger partial charge on any atom is 0.286 e. The Hall–Kier alpha value is -3.45. The van der Waals surface area contributed by atoms with E-state index in [4.69, 9.17) is 0 Å². The van der Waals surface area contributed by atoms with Crippen LogP contribution >= 0.6 is 0 Å². The van der Waals surface area contributed by atoms with Gasteiger partial charge >= 0.3 is 0 Å². The lowest BCUT2D eigenvalue weighted by Crippen LogP contribution is -2.55. The van der Waals surface area contributed by atoms with Gasteiger partial charge in [0, 0.05) is 24.2 Å². The Morgan fingerprint density at radius 1 is 1.05 bits per heavy atom. The molecule has 4 aliphatic carbocycles. The van der Waals surface area contributed by atoms with E-state index >= 15 is 0 Å². The zero-order valence-corrected chi connectivity index (χ0v) is 24.5. The van der Waals surface area contributed by atoms with E-state index in [0.717, 1.165) is 50.0 Å². The van der Waals surface area contributed by atoms with E-state index in [1.807, 2.05) is 0 Å². The van der Waals surface area contributed by atoms with Gasteiger partial charge in [-0.15, -0.1) is 4.40 Å². The number of amidine groups is 1.